The average molecular weight is 273 g/mol. The van der Waals surface area contributed by atoms with Gasteiger partial charge >= 0.3 is 20.1 Å². The Bertz CT molecular complexity index is 152. The monoisotopic (exact) mass is 273 g/mol. The normalized spacial score (nSPS) is 12.4. The molecule has 0 atom stereocenters. The molecule has 0 fully saturated rings. The van der Waals surface area contributed by atoms with Gasteiger partial charge in [0.25, 0.3) is 0 Å². The summed E-state index contributed by atoms with van der Waals surface area (Å²) in [6.07, 6.45) is 0. The molecule has 0 aliphatic rings. The maximum Gasteiger partial charge on any atom is 4.00 e. The van der Waals surface area contributed by atoms with Gasteiger partial charge < -0.3 is 33.0 Å². The van der Waals surface area contributed by atoms with Gasteiger partial charge in [-0.25, -0.2) is 0 Å². The predicted octanol–water partition coefficient (Wildman–Crippen LogP) is -3.34. The second-order valence-electron chi connectivity index (χ2n) is 0.976. The fourth-order valence-electron chi connectivity index (χ4n) is 0.122. The molecule has 0 aromatic heterocycles. The van der Waals surface area contributed by atoms with Crippen LogP contribution < -0.4 is 19.6 Å². The summed E-state index contributed by atoms with van der Waals surface area (Å²) in [6, 6.07) is 0. The molecule has 7 nitrogen and oxygen atoms in total. The molecule has 0 saturated carbocycles. The quantitative estimate of drug-likeness (QED) is 0.479. The Hall–Kier alpha value is 0.909. The molecule has 0 heterocycles. The fraction of sp³-hybridized carbons (Fsp3) is 0. The molecule has 10 heteroatoms. The topological polar surface area (TPSA) is 136 Å². The van der Waals surface area contributed by atoms with Crippen molar-refractivity contribution in [1.29, 1.82) is 0 Å². The minimum Gasteiger partial charge on any atom is -0.790 e. The van der Waals surface area contributed by atoms with Crippen LogP contribution >= 0.6 is 15.6 Å². The van der Waals surface area contributed by atoms with Gasteiger partial charge in [0.1, 0.15) is 0 Å². The number of hydrogen-bond acceptors (Lipinski definition) is 7. The third kappa shape index (κ3) is 11.7. The van der Waals surface area contributed by atoms with Crippen LogP contribution in [0.4, 0.5) is 0 Å². The van der Waals surface area contributed by atoms with E-state index in [4.69, 9.17) is 0 Å². The van der Waals surface area contributed by atoms with E-state index in [0.717, 1.165) is 0 Å². The second kappa shape index (κ2) is 4.07. The predicted molar refractivity (Wildman–Crippen MR) is 16.3 cm³/mol. The maximum absolute atomic E-state index is 9.32. The third-order valence-corrected chi connectivity index (χ3v) is 1.80. The van der Waals surface area contributed by atoms with E-state index in [1.54, 1.807) is 0 Å². The molecule has 0 saturated heterocycles. The summed E-state index contributed by atoms with van der Waals surface area (Å²) in [7, 11) is -11.4. The smallest absolute Gasteiger partial charge is 0.790 e. The van der Waals surface area contributed by atoms with Crippen molar-refractivity contribution >= 4 is 15.6 Å². The molecule has 0 amide bonds. The van der Waals surface area contributed by atoms with E-state index in [0.29, 0.717) is 0 Å². The summed E-state index contributed by atoms with van der Waals surface area (Å²) < 4.78 is 21.2. The first kappa shape index (κ1) is 13.5. The van der Waals surface area contributed by atoms with Crippen LogP contribution in [0.5, 0.6) is 0 Å². The minimum atomic E-state index is -5.68. The van der Waals surface area contributed by atoms with E-state index in [-0.39, 0.29) is 20.1 Å². The first-order chi connectivity index (χ1) is 3.71. The van der Waals surface area contributed by atoms with Crippen molar-refractivity contribution in [1.82, 2.24) is 0 Å². The summed E-state index contributed by atoms with van der Waals surface area (Å²) in [5.41, 5.74) is 0. The van der Waals surface area contributed by atoms with Crippen LogP contribution in [-0.2, 0) is 33.5 Å². The van der Waals surface area contributed by atoms with Gasteiger partial charge in [-0.1, -0.05) is 0 Å². The first-order valence-electron chi connectivity index (χ1n) is 1.46. The number of rotatable bonds is 2. The molecule has 0 rings (SSSR count). The van der Waals surface area contributed by atoms with Crippen LogP contribution in [0, 0.1) is 0 Å². The molecule has 1 radical (unpaired) electrons. The van der Waals surface area contributed by atoms with E-state index < -0.39 is 15.6 Å². The van der Waals surface area contributed by atoms with Gasteiger partial charge in [-0.15, -0.1) is 0 Å². The molecule has 0 spiro atoms. The Morgan fingerprint density at radius 2 is 1.10 bits per heavy atom. The van der Waals surface area contributed by atoms with Crippen molar-refractivity contribution in [3.8, 4) is 0 Å². The Kier molecular flexibility index (Phi) is 5.49. The van der Waals surface area contributed by atoms with Gasteiger partial charge in [-0.2, -0.15) is 0 Å². The minimum absolute atomic E-state index is 0. The van der Waals surface area contributed by atoms with Crippen molar-refractivity contribution in [2.24, 2.45) is 0 Å². The van der Waals surface area contributed by atoms with Crippen LogP contribution in [0.3, 0.4) is 0 Å². The zero-order chi connectivity index (χ0) is 7.71. The molecule has 0 aromatic carbocycles. The van der Waals surface area contributed by atoms with Crippen molar-refractivity contribution in [3.63, 3.8) is 0 Å². The second-order valence-corrected chi connectivity index (χ2v) is 3.42. The zero-order valence-electron chi connectivity index (χ0n) is 4.13. The molecule has 0 aliphatic heterocycles. The van der Waals surface area contributed by atoms with E-state index in [1.807, 2.05) is 0 Å². The summed E-state index contributed by atoms with van der Waals surface area (Å²) in [5.74, 6) is 0. The van der Waals surface area contributed by atoms with Crippen molar-refractivity contribution < 1.29 is 53.1 Å². The summed E-state index contributed by atoms with van der Waals surface area (Å²) in [6.45, 7) is 0. The SMILES string of the molecule is O=P([O-])([O-])OP(=O)([O-])[O-].[99Tc+4]. The molecule has 0 bridgehead atoms. The van der Waals surface area contributed by atoms with Gasteiger partial charge in [0.05, 0.1) is 15.6 Å². The third-order valence-electron chi connectivity index (χ3n) is 0.200. The van der Waals surface area contributed by atoms with Gasteiger partial charge in [0.2, 0.25) is 0 Å². The van der Waals surface area contributed by atoms with Crippen molar-refractivity contribution in [2.75, 3.05) is 0 Å². The maximum atomic E-state index is 9.32. The molecular formula is O7P2Tc. The van der Waals surface area contributed by atoms with Crippen LogP contribution in [0.15, 0.2) is 0 Å². The summed E-state index contributed by atoms with van der Waals surface area (Å²) in [4.78, 5) is 37.3. The van der Waals surface area contributed by atoms with Crippen LogP contribution in [-0.4, -0.2) is 0 Å². The van der Waals surface area contributed by atoms with Gasteiger partial charge in [-0.3, -0.25) is 0 Å². The molecule has 59 valence electrons. The van der Waals surface area contributed by atoms with Gasteiger partial charge in [-0.05, 0) is 0 Å². The van der Waals surface area contributed by atoms with E-state index >= 15 is 0 Å². The van der Waals surface area contributed by atoms with Crippen molar-refractivity contribution in [3.05, 3.63) is 0 Å². The zero-order valence-corrected chi connectivity index (χ0v) is 7.78. The summed E-state index contributed by atoms with van der Waals surface area (Å²) in [5, 5.41) is 0. The molecule has 0 aliphatic carbocycles. The molecular weight excluding hydrogens is 273 g/mol. The van der Waals surface area contributed by atoms with Crippen LogP contribution in [0.2, 0.25) is 0 Å². The fourth-order valence-corrected chi connectivity index (χ4v) is 1.10. The molecule has 0 unspecified atom stereocenters. The summed E-state index contributed by atoms with van der Waals surface area (Å²) >= 11 is 0. The van der Waals surface area contributed by atoms with Gasteiger partial charge in [0.15, 0.2) is 0 Å². The van der Waals surface area contributed by atoms with Crippen molar-refractivity contribution in [2.45, 2.75) is 0 Å². The molecule has 10 heavy (non-hydrogen) atoms. The number of phosphoric acid groups is 2. The van der Waals surface area contributed by atoms with E-state index in [2.05, 4.69) is 4.31 Å². The van der Waals surface area contributed by atoms with Crippen LogP contribution in [0.1, 0.15) is 0 Å². The van der Waals surface area contributed by atoms with E-state index in [9.17, 15) is 28.7 Å². The largest absolute Gasteiger partial charge is 4.00 e. The van der Waals surface area contributed by atoms with Gasteiger partial charge in [0, 0.05) is 0 Å². The molecule has 0 N–H and O–H groups in total. The first-order valence-corrected chi connectivity index (χ1v) is 4.38. The molecule has 0 aromatic rings. The Labute approximate surface area is 69.2 Å². The Morgan fingerprint density at radius 1 is 0.900 bits per heavy atom. The Balaban J connectivity index is 0. The van der Waals surface area contributed by atoms with Crippen LogP contribution in [0.25, 0.3) is 0 Å². The Morgan fingerprint density at radius 3 is 1.10 bits per heavy atom. The average Bonchev–Trinajstić information content (AvgIpc) is 1.14. The standard InChI is InChI=1S/H4O7P2.Tc/c1-8(2,3)7-9(4,5)6;/h(H2,1,2,3)(H2,4,5,6);/q;+4/p-4/i;1+1. The van der Waals surface area contributed by atoms with E-state index in [1.165, 1.54) is 0 Å². The number of hydrogen-bond donors (Lipinski definition) is 0.